The number of hydrogen-bond acceptors (Lipinski definition) is 4. The molecule has 0 bridgehead atoms. The van der Waals surface area contributed by atoms with E-state index >= 15 is 0 Å². The smallest absolute Gasteiger partial charge is 0.246 e. The van der Waals surface area contributed by atoms with E-state index in [2.05, 4.69) is 12.2 Å². The van der Waals surface area contributed by atoms with Gasteiger partial charge in [0.1, 0.15) is 0 Å². The van der Waals surface area contributed by atoms with Crippen LogP contribution in [0.1, 0.15) is 51.9 Å². The molecule has 0 aliphatic carbocycles. The molecule has 23 heavy (non-hydrogen) atoms. The highest BCUT2D eigenvalue weighted by Gasteiger charge is 2.27. The molecule has 2 heterocycles. The molecule has 3 rings (SSSR count). The molecule has 0 aromatic heterocycles. The van der Waals surface area contributed by atoms with Crippen LogP contribution in [0.3, 0.4) is 0 Å². The van der Waals surface area contributed by atoms with Gasteiger partial charge in [0.05, 0.1) is 17.9 Å². The number of carbonyl (C=O) groups excluding carboxylic acids is 1. The Kier molecular flexibility index (Phi) is 5.26. The number of unbranched alkanes of at least 4 members (excludes halogenated alkanes) is 6. The molecule has 1 N–H and O–H groups in total. The fourth-order valence-electron chi connectivity index (χ4n) is 3.17. The van der Waals surface area contributed by atoms with Crippen molar-refractivity contribution in [2.75, 3.05) is 30.1 Å². The molecule has 2 aliphatic rings. The molecule has 0 saturated heterocycles. The third-order valence-electron chi connectivity index (χ3n) is 4.50. The van der Waals surface area contributed by atoms with Crippen LogP contribution in [0.2, 0.25) is 0 Å². The van der Waals surface area contributed by atoms with E-state index in [-0.39, 0.29) is 12.7 Å². The fraction of sp³-hybridized carbons (Fsp3) is 0.611. The molecule has 0 unspecified atom stereocenters. The number of nitrogens with one attached hydrogen (secondary N) is 1. The number of amides is 1. The van der Waals surface area contributed by atoms with Crippen LogP contribution in [0.4, 0.5) is 11.4 Å². The summed E-state index contributed by atoms with van der Waals surface area (Å²) in [6.07, 6.45) is 8.73. The van der Waals surface area contributed by atoms with E-state index in [0.29, 0.717) is 6.54 Å². The van der Waals surface area contributed by atoms with Crippen LogP contribution >= 0.6 is 0 Å². The SMILES string of the molecule is CCCCCCCCCN1C(=O)CNc2cc3c(cc21)OCO3. The number of hydrogen-bond donors (Lipinski definition) is 1. The summed E-state index contributed by atoms with van der Waals surface area (Å²) in [7, 11) is 0. The summed E-state index contributed by atoms with van der Waals surface area (Å²) < 4.78 is 10.8. The van der Waals surface area contributed by atoms with E-state index in [9.17, 15) is 4.79 Å². The molecule has 0 spiro atoms. The van der Waals surface area contributed by atoms with Gasteiger partial charge in [-0.05, 0) is 6.42 Å². The Morgan fingerprint density at radius 2 is 1.74 bits per heavy atom. The highest BCUT2D eigenvalue weighted by molar-refractivity contribution is 6.03. The van der Waals surface area contributed by atoms with Gasteiger partial charge in [0.2, 0.25) is 12.7 Å². The zero-order valence-electron chi connectivity index (χ0n) is 13.9. The molecule has 5 nitrogen and oxygen atoms in total. The number of fused-ring (bicyclic) bond motifs is 2. The number of anilines is 2. The van der Waals surface area contributed by atoms with Crippen LogP contribution in [0.15, 0.2) is 12.1 Å². The van der Waals surface area contributed by atoms with E-state index in [0.717, 1.165) is 35.8 Å². The summed E-state index contributed by atoms with van der Waals surface area (Å²) in [5, 5.41) is 3.17. The average Bonchev–Trinajstić information content (AvgIpc) is 3.01. The van der Waals surface area contributed by atoms with Gasteiger partial charge >= 0.3 is 0 Å². The predicted molar refractivity (Wildman–Crippen MR) is 91.4 cm³/mol. The summed E-state index contributed by atoms with van der Waals surface area (Å²) in [5.74, 6) is 1.61. The molecule has 2 aliphatic heterocycles. The second kappa shape index (κ2) is 7.57. The van der Waals surface area contributed by atoms with Crippen molar-refractivity contribution in [2.24, 2.45) is 0 Å². The lowest BCUT2D eigenvalue weighted by atomic mass is 10.1. The highest BCUT2D eigenvalue weighted by Crippen LogP contribution is 2.42. The molecule has 126 valence electrons. The number of benzene rings is 1. The van der Waals surface area contributed by atoms with E-state index in [4.69, 9.17) is 9.47 Å². The Bertz CT molecular complexity index is 559. The quantitative estimate of drug-likeness (QED) is 0.738. The van der Waals surface area contributed by atoms with Crippen LogP contribution in [0.25, 0.3) is 0 Å². The summed E-state index contributed by atoms with van der Waals surface area (Å²) in [4.78, 5) is 14.1. The van der Waals surface area contributed by atoms with Gasteiger partial charge in [0.15, 0.2) is 11.5 Å². The van der Waals surface area contributed by atoms with Crippen molar-refractivity contribution >= 4 is 17.3 Å². The lowest BCUT2D eigenvalue weighted by molar-refractivity contribution is -0.117. The minimum absolute atomic E-state index is 0.127. The van der Waals surface area contributed by atoms with Crippen LogP contribution in [-0.2, 0) is 4.79 Å². The summed E-state index contributed by atoms with van der Waals surface area (Å²) in [6, 6.07) is 3.85. The predicted octanol–water partition coefficient (Wildman–Crippen LogP) is 3.92. The van der Waals surface area contributed by atoms with Gasteiger partial charge in [-0.1, -0.05) is 45.4 Å². The van der Waals surface area contributed by atoms with Crippen LogP contribution < -0.4 is 19.7 Å². The summed E-state index contributed by atoms with van der Waals surface area (Å²) in [6.45, 7) is 3.62. The van der Waals surface area contributed by atoms with E-state index in [1.165, 1.54) is 38.5 Å². The van der Waals surface area contributed by atoms with Crippen molar-refractivity contribution in [2.45, 2.75) is 51.9 Å². The Morgan fingerprint density at radius 1 is 1.04 bits per heavy atom. The third kappa shape index (κ3) is 3.71. The van der Waals surface area contributed by atoms with Gasteiger partial charge in [-0.25, -0.2) is 0 Å². The summed E-state index contributed by atoms with van der Waals surface area (Å²) >= 11 is 0. The van der Waals surface area contributed by atoms with Gasteiger partial charge in [-0.15, -0.1) is 0 Å². The minimum atomic E-state index is 0.127. The van der Waals surface area contributed by atoms with Gasteiger partial charge < -0.3 is 19.7 Å². The second-order valence-corrected chi connectivity index (χ2v) is 6.24. The van der Waals surface area contributed by atoms with Crippen LogP contribution in [-0.4, -0.2) is 25.8 Å². The molecule has 0 saturated carbocycles. The molecule has 5 heteroatoms. The van der Waals surface area contributed by atoms with Crippen molar-refractivity contribution in [3.05, 3.63) is 12.1 Å². The molecule has 0 atom stereocenters. The van der Waals surface area contributed by atoms with Crippen LogP contribution in [0, 0.1) is 0 Å². The Labute approximate surface area is 137 Å². The highest BCUT2D eigenvalue weighted by atomic mass is 16.7. The first-order valence-electron chi connectivity index (χ1n) is 8.77. The molecule has 1 aromatic carbocycles. The first-order valence-corrected chi connectivity index (χ1v) is 8.77. The fourth-order valence-corrected chi connectivity index (χ4v) is 3.17. The Hall–Kier alpha value is -1.91. The van der Waals surface area contributed by atoms with Crippen molar-refractivity contribution in [3.8, 4) is 11.5 Å². The standard InChI is InChI=1S/C18H26N2O3/c1-2-3-4-5-6-7-8-9-20-15-11-17-16(22-13-23-17)10-14(15)19-12-18(20)21/h10-11,19H,2-9,12-13H2,1H3. The van der Waals surface area contributed by atoms with Gasteiger partial charge in [-0.3, -0.25) is 4.79 Å². The van der Waals surface area contributed by atoms with Crippen molar-refractivity contribution in [1.82, 2.24) is 0 Å². The lowest BCUT2D eigenvalue weighted by Gasteiger charge is -2.30. The number of ether oxygens (including phenoxy) is 2. The van der Waals surface area contributed by atoms with E-state index in [1.807, 2.05) is 17.0 Å². The number of rotatable bonds is 8. The molecular formula is C18H26N2O3. The Morgan fingerprint density at radius 3 is 2.52 bits per heavy atom. The zero-order chi connectivity index (χ0) is 16.1. The normalized spacial score (nSPS) is 15.5. The zero-order valence-corrected chi connectivity index (χ0v) is 13.9. The van der Waals surface area contributed by atoms with E-state index < -0.39 is 0 Å². The van der Waals surface area contributed by atoms with Crippen molar-refractivity contribution < 1.29 is 14.3 Å². The van der Waals surface area contributed by atoms with Crippen molar-refractivity contribution in [3.63, 3.8) is 0 Å². The maximum absolute atomic E-state index is 12.3. The summed E-state index contributed by atoms with van der Waals surface area (Å²) in [5.41, 5.74) is 1.87. The maximum atomic E-state index is 12.3. The van der Waals surface area contributed by atoms with Gasteiger partial charge in [-0.2, -0.15) is 0 Å². The maximum Gasteiger partial charge on any atom is 0.246 e. The lowest BCUT2D eigenvalue weighted by Crippen LogP contribution is -2.40. The van der Waals surface area contributed by atoms with Gasteiger partial charge in [0.25, 0.3) is 0 Å². The number of nitrogens with zero attached hydrogens (tertiary/aromatic N) is 1. The monoisotopic (exact) mass is 318 g/mol. The van der Waals surface area contributed by atoms with E-state index in [1.54, 1.807) is 0 Å². The first-order chi connectivity index (χ1) is 11.3. The molecule has 1 aromatic rings. The van der Waals surface area contributed by atoms with Gasteiger partial charge in [0, 0.05) is 18.7 Å². The minimum Gasteiger partial charge on any atom is -0.454 e. The van der Waals surface area contributed by atoms with Crippen molar-refractivity contribution in [1.29, 1.82) is 0 Å². The largest absolute Gasteiger partial charge is 0.454 e. The topological polar surface area (TPSA) is 50.8 Å². The molecular weight excluding hydrogens is 292 g/mol. The molecule has 0 radical (unpaired) electrons. The third-order valence-corrected chi connectivity index (χ3v) is 4.50. The molecule has 1 amide bonds. The Balaban J connectivity index is 1.56. The first kappa shape index (κ1) is 16.0. The second-order valence-electron chi connectivity index (χ2n) is 6.24. The molecule has 0 fully saturated rings. The number of carbonyl (C=O) groups is 1. The van der Waals surface area contributed by atoms with Crippen LogP contribution in [0.5, 0.6) is 11.5 Å². The average molecular weight is 318 g/mol.